The minimum absolute atomic E-state index is 0.0788. The molecule has 0 atom stereocenters. The van der Waals surface area contributed by atoms with Gasteiger partial charge in [-0.2, -0.15) is 0 Å². The van der Waals surface area contributed by atoms with Crippen LogP contribution in [0.25, 0.3) is 0 Å². The molecular weight excluding hydrogens is 313 g/mol. The van der Waals surface area contributed by atoms with Crippen LogP contribution in [0, 0.1) is 5.82 Å². The average Bonchev–Trinajstić information content (AvgIpc) is 2.41. The molecule has 1 rings (SSSR count). The van der Waals surface area contributed by atoms with Crippen molar-refractivity contribution in [3.05, 3.63) is 34.1 Å². The Morgan fingerprint density at radius 2 is 2.05 bits per heavy atom. The maximum atomic E-state index is 13.2. The first-order chi connectivity index (χ1) is 9.04. The van der Waals surface area contributed by atoms with Gasteiger partial charge in [-0.15, -0.1) is 0 Å². The molecule has 0 saturated heterocycles. The number of hydrogen-bond acceptors (Lipinski definition) is 2. The number of benzene rings is 1. The largest absolute Gasteiger partial charge is 0.395 e. The van der Waals surface area contributed by atoms with Gasteiger partial charge in [0.05, 0.1) is 11.1 Å². The Morgan fingerprint density at radius 3 is 2.53 bits per heavy atom. The monoisotopic (exact) mass is 331 g/mol. The average molecular weight is 332 g/mol. The van der Waals surface area contributed by atoms with E-state index in [1.807, 2.05) is 13.8 Å². The number of halogens is 2. The lowest BCUT2D eigenvalue weighted by Crippen LogP contribution is -2.41. The van der Waals surface area contributed by atoms with Gasteiger partial charge in [0.15, 0.2) is 0 Å². The lowest BCUT2D eigenvalue weighted by atomic mass is 10.1. The smallest absolute Gasteiger partial charge is 0.254 e. The number of hydrogen-bond donors (Lipinski definition) is 1. The third-order valence-electron chi connectivity index (χ3n) is 3.15. The summed E-state index contributed by atoms with van der Waals surface area (Å²) in [5.74, 6) is -0.573. The Kier molecular flexibility index (Phi) is 6.45. The van der Waals surface area contributed by atoms with Gasteiger partial charge in [0.25, 0.3) is 5.91 Å². The van der Waals surface area contributed by atoms with Crippen molar-refractivity contribution < 1.29 is 14.3 Å². The minimum Gasteiger partial charge on any atom is -0.395 e. The lowest BCUT2D eigenvalue weighted by molar-refractivity contribution is 0.0622. The van der Waals surface area contributed by atoms with Crippen molar-refractivity contribution in [2.75, 3.05) is 13.2 Å². The fourth-order valence-electron chi connectivity index (χ4n) is 2.08. The number of amides is 1. The molecule has 1 N–H and O–H groups in total. The van der Waals surface area contributed by atoms with E-state index in [1.54, 1.807) is 4.90 Å². The van der Waals surface area contributed by atoms with Crippen LogP contribution in [-0.4, -0.2) is 35.1 Å². The van der Waals surface area contributed by atoms with Crippen LogP contribution in [0.15, 0.2) is 22.7 Å². The van der Waals surface area contributed by atoms with Crippen LogP contribution in [0.1, 0.15) is 37.0 Å². The van der Waals surface area contributed by atoms with Crippen molar-refractivity contribution in [2.45, 2.75) is 32.7 Å². The molecule has 5 heteroatoms. The van der Waals surface area contributed by atoms with E-state index in [9.17, 15) is 9.18 Å². The molecular formula is C14H19BrFNO2. The predicted octanol–water partition coefficient (Wildman–Crippen LogP) is 3.21. The third kappa shape index (κ3) is 4.01. The summed E-state index contributed by atoms with van der Waals surface area (Å²) < 4.78 is 13.5. The molecule has 0 aromatic heterocycles. The Balaban J connectivity index is 3.01. The first-order valence-corrected chi connectivity index (χ1v) is 7.21. The molecule has 0 heterocycles. The molecule has 1 aromatic rings. The predicted molar refractivity (Wildman–Crippen MR) is 76.6 cm³/mol. The summed E-state index contributed by atoms with van der Waals surface area (Å²) in [6.07, 6.45) is 1.65. The maximum Gasteiger partial charge on any atom is 0.254 e. The van der Waals surface area contributed by atoms with E-state index in [2.05, 4.69) is 15.9 Å². The summed E-state index contributed by atoms with van der Waals surface area (Å²) in [5, 5.41) is 9.11. The maximum absolute atomic E-state index is 13.2. The second-order valence-corrected chi connectivity index (χ2v) is 5.18. The first kappa shape index (κ1) is 16.1. The molecule has 1 amide bonds. The van der Waals surface area contributed by atoms with Gasteiger partial charge in [-0.1, -0.05) is 13.8 Å². The summed E-state index contributed by atoms with van der Waals surface area (Å²) in [6.45, 7) is 4.23. The van der Waals surface area contributed by atoms with E-state index in [4.69, 9.17) is 5.11 Å². The standard InChI is InChI=1S/C14H19BrFNO2/c1-3-11(4-2)17(7-8-18)14(19)10-5-6-13(16)12(15)9-10/h5-6,9,11,18H,3-4,7-8H2,1-2H3. The fraction of sp³-hybridized carbons (Fsp3) is 0.500. The van der Waals surface area contributed by atoms with Gasteiger partial charge in [0.2, 0.25) is 0 Å². The minimum atomic E-state index is -0.396. The van der Waals surface area contributed by atoms with Crippen molar-refractivity contribution in [3.8, 4) is 0 Å². The molecule has 106 valence electrons. The van der Waals surface area contributed by atoms with E-state index >= 15 is 0 Å². The Hall–Kier alpha value is -0.940. The normalized spacial score (nSPS) is 10.8. The van der Waals surface area contributed by atoms with Gasteiger partial charge in [-0.25, -0.2) is 4.39 Å². The highest BCUT2D eigenvalue weighted by molar-refractivity contribution is 9.10. The van der Waals surface area contributed by atoms with Gasteiger partial charge >= 0.3 is 0 Å². The molecule has 0 aliphatic carbocycles. The molecule has 1 aromatic carbocycles. The highest BCUT2D eigenvalue weighted by Crippen LogP contribution is 2.20. The Bertz CT molecular complexity index is 435. The van der Waals surface area contributed by atoms with Crippen LogP contribution in [0.3, 0.4) is 0 Å². The van der Waals surface area contributed by atoms with Gasteiger partial charge in [0, 0.05) is 18.2 Å². The van der Waals surface area contributed by atoms with Gasteiger partial charge in [-0.3, -0.25) is 4.79 Å². The summed E-state index contributed by atoms with van der Waals surface area (Å²) >= 11 is 3.08. The molecule has 0 bridgehead atoms. The third-order valence-corrected chi connectivity index (χ3v) is 3.76. The highest BCUT2D eigenvalue weighted by atomic mass is 79.9. The summed E-state index contributed by atoms with van der Waals surface area (Å²) in [6, 6.07) is 4.30. The van der Waals surface area contributed by atoms with E-state index in [1.165, 1.54) is 18.2 Å². The van der Waals surface area contributed by atoms with E-state index in [-0.39, 0.29) is 23.0 Å². The number of aliphatic hydroxyl groups is 1. The van der Waals surface area contributed by atoms with Crippen LogP contribution in [0.4, 0.5) is 4.39 Å². The van der Waals surface area contributed by atoms with Crippen molar-refractivity contribution in [2.24, 2.45) is 0 Å². The Morgan fingerprint density at radius 1 is 1.42 bits per heavy atom. The van der Waals surface area contributed by atoms with Crippen LogP contribution in [0.5, 0.6) is 0 Å². The number of carbonyl (C=O) groups is 1. The van der Waals surface area contributed by atoms with Crippen molar-refractivity contribution in [1.29, 1.82) is 0 Å². The molecule has 0 radical (unpaired) electrons. The van der Waals surface area contributed by atoms with Gasteiger partial charge in [-0.05, 0) is 47.0 Å². The molecule has 0 fully saturated rings. The van der Waals surface area contributed by atoms with Crippen LogP contribution in [0.2, 0.25) is 0 Å². The van der Waals surface area contributed by atoms with E-state index < -0.39 is 5.82 Å². The van der Waals surface area contributed by atoms with Gasteiger partial charge < -0.3 is 10.0 Å². The van der Waals surface area contributed by atoms with Crippen LogP contribution < -0.4 is 0 Å². The zero-order valence-electron chi connectivity index (χ0n) is 11.2. The number of aliphatic hydroxyl groups excluding tert-OH is 1. The summed E-state index contributed by atoms with van der Waals surface area (Å²) in [4.78, 5) is 14.1. The quantitative estimate of drug-likeness (QED) is 0.869. The first-order valence-electron chi connectivity index (χ1n) is 6.42. The second-order valence-electron chi connectivity index (χ2n) is 4.32. The van der Waals surface area contributed by atoms with Gasteiger partial charge in [0.1, 0.15) is 5.82 Å². The van der Waals surface area contributed by atoms with E-state index in [0.717, 1.165) is 12.8 Å². The topological polar surface area (TPSA) is 40.5 Å². The van der Waals surface area contributed by atoms with Crippen molar-refractivity contribution >= 4 is 21.8 Å². The fourth-order valence-corrected chi connectivity index (χ4v) is 2.46. The zero-order chi connectivity index (χ0) is 14.4. The number of rotatable bonds is 6. The van der Waals surface area contributed by atoms with Crippen LogP contribution in [-0.2, 0) is 0 Å². The molecule has 0 spiro atoms. The Labute approximate surface area is 121 Å². The summed E-state index contributed by atoms with van der Waals surface area (Å²) in [7, 11) is 0. The van der Waals surface area contributed by atoms with Crippen molar-refractivity contribution in [3.63, 3.8) is 0 Å². The highest BCUT2D eigenvalue weighted by Gasteiger charge is 2.22. The molecule has 0 aliphatic heterocycles. The van der Waals surface area contributed by atoms with Crippen molar-refractivity contribution in [1.82, 2.24) is 4.90 Å². The SMILES string of the molecule is CCC(CC)N(CCO)C(=O)c1ccc(F)c(Br)c1. The lowest BCUT2D eigenvalue weighted by Gasteiger charge is -2.30. The number of carbonyl (C=O) groups excluding carboxylic acids is 1. The molecule has 0 unspecified atom stereocenters. The molecule has 0 aliphatic rings. The molecule has 19 heavy (non-hydrogen) atoms. The molecule has 0 saturated carbocycles. The van der Waals surface area contributed by atoms with E-state index in [0.29, 0.717) is 12.1 Å². The zero-order valence-corrected chi connectivity index (χ0v) is 12.8. The number of nitrogens with zero attached hydrogens (tertiary/aromatic N) is 1. The van der Waals surface area contributed by atoms with Crippen LogP contribution >= 0.6 is 15.9 Å². The summed E-state index contributed by atoms with van der Waals surface area (Å²) in [5.41, 5.74) is 0.425. The molecule has 3 nitrogen and oxygen atoms in total. The second kappa shape index (κ2) is 7.60.